The number of para-hydroxylation sites is 9. The Kier molecular flexibility index (Phi) is 42.3. The largest absolute Gasteiger partial charge is 0.309 e. The summed E-state index contributed by atoms with van der Waals surface area (Å²) in [6.07, 6.45) is 20.7. The highest BCUT2D eigenvalue weighted by molar-refractivity contribution is 6.13. The van der Waals surface area contributed by atoms with Crippen LogP contribution in [0, 0.1) is 96.9 Å². The van der Waals surface area contributed by atoms with E-state index in [9.17, 15) is 0 Å². The SMILES string of the molecule is Cc1ccc2c(c1)c1ccccc1n2-c1ccccc1.Cc1ccc2c3ccccc3n(-c3ccccc3)c2c1.Cc1cccc2c1c1ccccc1n2-c1ccccc1.Cc1cccc2c3ccccc3n(-c3ccccc3)c12.Cc1ccccc1.Cc1ccccc1.Cc1ccccc1.Cc1ccccc1.Cc1ccccn1.Cc1cccnc1.Cc1ccncc1.Cc1ccncn1.Cc1cncnc1.Cc1ncccn1. The van der Waals surface area contributed by atoms with Gasteiger partial charge in [-0.05, 0) is 270 Å². The van der Waals surface area contributed by atoms with Gasteiger partial charge in [-0.25, -0.2) is 29.9 Å². The molecule has 150 heavy (non-hydrogen) atoms. The fourth-order valence-corrected chi connectivity index (χ4v) is 16.5. The van der Waals surface area contributed by atoms with Gasteiger partial charge in [0.25, 0.3) is 0 Å². The van der Waals surface area contributed by atoms with Crippen LogP contribution >= 0.6 is 0 Å². The van der Waals surface area contributed by atoms with Crippen molar-refractivity contribution in [3.05, 3.63) is 620 Å². The van der Waals surface area contributed by atoms with Crippen molar-refractivity contribution in [1.29, 1.82) is 0 Å². The molecule has 16 aromatic carbocycles. The molecule has 0 radical (unpaired) electrons. The lowest BCUT2D eigenvalue weighted by molar-refractivity contribution is 1.05. The molecule has 0 unspecified atom stereocenters. The van der Waals surface area contributed by atoms with Crippen molar-refractivity contribution in [1.82, 2.24) is 63.1 Å². The summed E-state index contributed by atoms with van der Waals surface area (Å²) in [5.74, 6) is 0.822. The molecule has 0 saturated carbocycles. The summed E-state index contributed by atoms with van der Waals surface area (Å²) >= 11 is 0. The van der Waals surface area contributed by atoms with E-state index in [1.54, 1.807) is 61.8 Å². The molecule has 0 amide bonds. The minimum atomic E-state index is 0.822. The number of aryl methyl sites for hydroxylation is 14. The Bertz CT molecular complexity index is 7700. The molecular weight excluding hydrogens is 1830 g/mol. The number of pyridine rings is 3. The molecule has 26 aromatic rings. The van der Waals surface area contributed by atoms with E-state index < -0.39 is 0 Å². The monoisotopic (exact) mass is 1960 g/mol. The fraction of sp³-hybridized carbons (Fsp3) is 0.102. The van der Waals surface area contributed by atoms with Gasteiger partial charge in [-0.3, -0.25) is 15.0 Å². The zero-order valence-electron chi connectivity index (χ0n) is 88.2. The second kappa shape index (κ2) is 58.4. The smallest absolute Gasteiger partial charge is 0.125 e. The maximum Gasteiger partial charge on any atom is 0.125 e. The molecule has 10 heterocycles. The molecular formula is C137H131N13. The molecule has 13 nitrogen and oxygen atoms in total. The molecule has 0 saturated heterocycles. The van der Waals surface area contributed by atoms with Crippen molar-refractivity contribution in [2.75, 3.05) is 0 Å². The summed E-state index contributed by atoms with van der Waals surface area (Å²) in [4.78, 5) is 34.6. The van der Waals surface area contributed by atoms with Gasteiger partial charge in [0, 0.05) is 139 Å². The predicted molar refractivity (Wildman–Crippen MR) is 634 cm³/mol. The van der Waals surface area contributed by atoms with Crippen molar-refractivity contribution in [2.45, 2.75) is 96.9 Å². The molecule has 26 rings (SSSR count). The summed E-state index contributed by atoms with van der Waals surface area (Å²) in [6, 6.07) is 162. The van der Waals surface area contributed by atoms with Crippen LogP contribution in [0.1, 0.15) is 78.4 Å². The van der Waals surface area contributed by atoms with Gasteiger partial charge in [-0.15, -0.1) is 0 Å². The predicted octanol–water partition coefficient (Wildman–Crippen LogP) is 34.9. The Balaban J connectivity index is 0.000000139. The van der Waals surface area contributed by atoms with Crippen molar-refractivity contribution >= 4 is 87.2 Å². The zero-order chi connectivity index (χ0) is 105. The van der Waals surface area contributed by atoms with Crippen LogP contribution in [-0.2, 0) is 0 Å². The average molecular weight is 1960 g/mol. The summed E-state index contributed by atoms with van der Waals surface area (Å²) < 4.78 is 9.39. The van der Waals surface area contributed by atoms with Crippen LogP contribution in [0.15, 0.2) is 542 Å². The topological polar surface area (TPSA) is 136 Å². The maximum absolute atomic E-state index is 3.98. The third-order valence-corrected chi connectivity index (χ3v) is 23.9. The number of benzene rings is 16. The lowest BCUT2D eigenvalue weighted by Gasteiger charge is -2.08. The van der Waals surface area contributed by atoms with Gasteiger partial charge in [-0.1, -0.05) is 355 Å². The van der Waals surface area contributed by atoms with Gasteiger partial charge in [0.2, 0.25) is 0 Å². The first-order chi connectivity index (χ1) is 73.3. The molecule has 0 bridgehead atoms. The van der Waals surface area contributed by atoms with Crippen molar-refractivity contribution < 1.29 is 0 Å². The Morgan fingerprint density at radius 3 is 0.893 bits per heavy atom. The summed E-state index contributed by atoms with van der Waals surface area (Å²) in [7, 11) is 0. The van der Waals surface area contributed by atoms with E-state index in [-0.39, 0.29) is 0 Å². The minimum absolute atomic E-state index is 0.822. The number of hydrogen-bond donors (Lipinski definition) is 0. The summed E-state index contributed by atoms with van der Waals surface area (Å²) in [5, 5.41) is 10.6. The van der Waals surface area contributed by atoms with Crippen LogP contribution in [0.25, 0.3) is 110 Å². The molecule has 0 atom stereocenters. The molecule has 0 aliphatic carbocycles. The number of fused-ring (bicyclic) bond motifs is 12. The van der Waals surface area contributed by atoms with Crippen LogP contribution in [0.5, 0.6) is 0 Å². The molecule has 0 spiro atoms. The normalized spacial score (nSPS) is 10.1. The first-order valence-electron chi connectivity index (χ1n) is 50.4. The lowest BCUT2D eigenvalue weighted by Crippen LogP contribution is -1.94. The highest BCUT2D eigenvalue weighted by Crippen LogP contribution is 2.38. The van der Waals surface area contributed by atoms with E-state index >= 15 is 0 Å². The van der Waals surface area contributed by atoms with E-state index in [2.05, 4.69) is 458 Å². The average Bonchev–Trinajstić information content (AvgIpc) is 1.59. The van der Waals surface area contributed by atoms with Crippen LogP contribution < -0.4 is 0 Å². The summed E-state index contributed by atoms with van der Waals surface area (Å²) in [6.45, 7) is 28.8. The Labute approximate surface area is 884 Å². The minimum Gasteiger partial charge on any atom is -0.309 e. The molecule has 0 aliphatic heterocycles. The first-order valence-corrected chi connectivity index (χ1v) is 50.4. The zero-order valence-corrected chi connectivity index (χ0v) is 88.2. The van der Waals surface area contributed by atoms with Crippen molar-refractivity contribution in [3.63, 3.8) is 0 Å². The van der Waals surface area contributed by atoms with Gasteiger partial charge < -0.3 is 18.3 Å². The maximum atomic E-state index is 3.98. The van der Waals surface area contributed by atoms with Gasteiger partial charge in [0.1, 0.15) is 18.5 Å². The Hall–Kier alpha value is -18.6. The Morgan fingerprint density at radius 1 is 0.160 bits per heavy atom. The molecule has 744 valence electrons. The van der Waals surface area contributed by atoms with Crippen molar-refractivity contribution in [2.24, 2.45) is 0 Å². The fourth-order valence-electron chi connectivity index (χ4n) is 16.5. The van der Waals surface area contributed by atoms with Crippen LogP contribution in [0.3, 0.4) is 0 Å². The quantitative estimate of drug-likeness (QED) is 0.169. The van der Waals surface area contributed by atoms with Gasteiger partial charge in [0.05, 0.1) is 44.1 Å². The Morgan fingerprint density at radius 2 is 0.507 bits per heavy atom. The highest BCUT2D eigenvalue weighted by Gasteiger charge is 2.17. The lowest BCUT2D eigenvalue weighted by atomic mass is 10.1. The molecule has 0 aliphatic rings. The molecule has 0 N–H and O–H groups in total. The van der Waals surface area contributed by atoms with E-state index in [0.717, 1.165) is 22.8 Å². The second-order valence-corrected chi connectivity index (χ2v) is 35.9. The summed E-state index contributed by atoms with van der Waals surface area (Å²) in [5.41, 5.74) is 31.2. The van der Waals surface area contributed by atoms with E-state index in [0.29, 0.717) is 0 Å². The number of rotatable bonds is 4. The number of hydrogen-bond acceptors (Lipinski definition) is 9. The van der Waals surface area contributed by atoms with E-state index in [1.165, 1.54) is 178 Å². The highest BCUT2D eigenvalue weighted by atomic mass is 15.0. The van der Waals surface area contributed by atoms with Crippen LogP contribution in [-0.4, -0.2) is 63.1 Å². The van der Waals surface area contributed by atoms with Gasteiger partial charge >= 0.3 is 0 Å². The van der Waals surface area contributed by atoms with Gasteiger partial charge in [0.15, 0.2) is 0 Å². The van der Waals surface area contributed by atoms with Crippen molar-refractivity contribution in [3.8, 4) is 22.7 Å². The third-order valence-electron chi connectivity index (χ3n) is 23.9. The van der Waals surface area contributed by atoms with Crippen LogP contribution in [0.2, 0.25) is 0 Å². The van der Waals surface area contributed by atoms with E-state index in [4.69, 9.17) is 0 Å². The van der Waals surface area contributed by atoms with Crippen LogP contribution in [0.4, 0.5) is 0 Å². The van der Waals surface area contributed by atoms with Gasteiger partial charge in [-0.2, -0.15) is 0 Å². The third kappa shape index (κ3) is 32.7. The number of aromatic nitrogens is 13. The number of nitrogens with zero attached hydrogens (tertiary/aromatic N) is 13. The molecule has 0 fully saturated rings. The first kappa shape index (κ1) is 109. The standard InChI is InChI=1S/4C19H15N.4C7H8.3C6H7N.3C5H6N2/c1-14-8-7-12-17-16-11-5-6-13-18(16)20(19(14)17)15-9-3-2-4-10-15;1-14-8-7-13-18-19(14)16-11-5-6-12-17(16)20(18)15-9-3-2-4-10-15;1-14-11-12-19-17(13-14)16-9-5-6-10-18(16)20(19)15-7-3-2-4-8-15;1-14-11-12-17-16-9-5-6-10-18(16)20(19(17)13-14)15-7-3-2-4-8-15;4*1-7-5-3-2-4-6-7;1-6-2-4-7-5-3-6;1-6-3-2-4-7-5-6;1-6-4-2-3-5-7-6;1-5-2-6-4-7-3-5;1-5-2-3-6-4-7-5;1-5-6-3-2-4-7-5/h4*2-13H,1H3;4*2-6H,1H3;3*2-5H,1H3;3*2-4H,1H3. The molecule has 13 heteroatoms. The van der Waals surface area contributed by atoms with E-state index in [1.807, 2.05) is 169 Å². The second-order valence-electron chi connectivity index (χ2n) is 35.9. The molecule has 10 aromatic heterocycles.